The third-order valence-corrected chi connectivity index (χ3v) is 6.03. The second kappa shape index (κ2) is 8.61. The van der Waals surface area contributed by atoms with E-state index in [1.807, 2.05) is 0 Å². The van der Waals surface area contributed by atoms with Crippen LogP contribution in [0.25, 0.3) is 0 Å². The zero-order valence-corrected chi connectivity index (χ0v) is 15.9. The highest BCUT2D eigenvalue weighted by atomic mass is 32.2. The number of benzene rings is 2. The van der Waals surface area contributed by atoms with Crippen LogP contribution >= 0.6 is 0 Å². The number of carbonyl (C=O) groups excluding carboxylic acids is 2. The predicted molar refractivity (Wildman–Crippen MR) is 99.1 cm³/mol. The van der Waals surface area contributed by atoms with Crippen molar-refractivity contribution in [3.63, 3.8) is 0 Å². The first-order chi connectivity index (χ1) is 13.2. The number of carbonyl (C=O) groups is 2. The molecule has 28 heavy (non-hydrogen) atoms. The van der Waals surface area contributed by atoms with E-state index >= 15 is 0 Å². The normalized spacial score (nSPS) is 13.2. The summed E-state index contributed by atoms with van der Waals surface area (Å²) in [6.07, 6.45) is 0. The topological polar surface area (TPSA) is 133 Å². The van der Waals surface area contributed by atoms with E-state index < -0.39 is 37.9 Å². The number of nitro groups is 1. The Kier molecular flexibility index (Phi) is 6.47. The van der Waals surface area contributed by atoms with E-state index in [4.69, 9.17) is 0 Å². The smallest absolute Gasteiger partial charge is 0.326 e. The maximum Gasteiger partial charge on any atom is 0.326 e. The average molecular weight is 406 g/mol. The van der Waals surface area contributed by atoms with Crippen molar-refractivity contribution >= 4 is 27.4 Å². The Hall–Kier alpha value is -3.27. The fraction of sp³-hybridized carbons (Fsp3) is 0.222. The number of ether oxygens (including phenoxy) is 1. The number of amides is 1. The molecule has 0 aliphatic rings. The summed E-state index contributed by atoms with van der Waals surface area (Å²) in [6.45, 7) is 1.20. The number of methoxy groups -OCH3 is 1. The molecule has 0 fully saturated rings. The van der Waals surface area contributed by atoms with Crippen LogP contribution < -0.4 is 5.32 Å². The molecule has 0 spiro atoms. The summed E-state index contributed by atoms with van der Waals surface area (Å²) in [5, 5.41) is 11.5. The molecule has 2 atom stereocenters. The summed E-state index contributed by atoms with van der Waals surface area (Å²) >= 11 is 0. The number of hydrogen-bond acceptors (Lipinski definition) is 7. The van der Waals surface area contributed by atoms with Gasteiger partial charge in [-0.2, -0.15) is 0 Å². The molecule has 2 rings (SSSR count). The van der Waals surface area contributed by atoms with Crippen molar-refractivity contribution in [3.05, 3.63) is 70.3 Å². The van der Waals surface area contributed by atoms with Gasteiger partial charge in [-0.3, -0.25) is 19.7 Å². The third kappa shape index (κ3) is 4.52. The highest BCUT2D eigenvalue weighted by molar-refractivity contribution is 7.92. The second-order valence-electron chi connectivity index (χ2n) is 5.83. The number of hydrogen-bond donors (Lipinski definition) is 1. The van der Waals surface area contributed by atoms with Crippen molar-refractivity contribution in [3.8, 4) is 0 Å². The predicted octanol–water partition coefficient (Wildman–Crippen LogP) is 1.79. The molecule has 2 aromatic rings. The number of nitro benzene ring substituents is 1. The van der Waals surface area contributed by atoms with E-state index in [1.54, 1.807) is 30.3 Å². The van der Waals surface area contributed by atoms with Crippen molar-refractivity contribution in [1.29, 1.82) is 0 Å². The largest absolute Gasteiger partial charge is 0.468 e. The van der Waals surface area contributed by atoms with Gasteiger partial charge in [0, 0.05) is 19.1 Å². The standard InChI is InChI=1S/C18H18N2O7S/c1-12(21)19-16(13-6-4-3-5-7-13)17(18(22)27-2)28(25,26)15-10-8-14(9-11-15)20(23)24/h3-11,16-17H,1-2H3,(H,19,21). The van der Waals surface area contributed by atoms with Gasteiger partial charge in [0.1, 0.15) is 0 Å². The Morgan fingerprint density at radius 3 is 2.11 bits per heavy atom. The van der Waals surface area contributed by atoms with Crippen LogP contribution in [0, 0.1) is 10.1 Å². The van der Waals surface area contributed by atoms with Crippen molar-refractivity contribution in [2.75, 3.05) is 7.11 Å². The highest BCUT2D eigenvalue weighted by Crippen LogP contribution is 2.29. The zero-order valence-electron chi connectivity index (χ0n) is 15.1. The second-order valence-corrected chi connectivity index (χ2v) is 7.90. The third-order valence-electron chi connectivity index (χ3n) is 3.96. The molecule has 10 heteroatoms. The van der Waals surface area contributed by atoms with Gasteiger partial charge in [0.15, 0.2) is 15.1 Å². The maximum atomic E-state index is 13.2. The Morgan fingerprint density at radius 1 is 1.07 bits per heavy atom. The van der Waals surface area contributed by atoms with Gasteiger partial charge in [-0.05, 0) is 17.7 Å². The summed E-state index contributed by atoms with van der Waals surface area (Å²) < 4.78 is 31.1. The summed E-state index contributed by atoms with van der Waals surface area (Å²) in [7, 11) is -3.32. The summed E-state index contributed by atoms with van der Waals surface area (Å²) in [6, 6.07) is 11.0. The van der Waals surface area contributed by atoms with Crippen molar-refractivity contribution in [1.82, 2.24) is 5.32 Å². The summed E-state index contributed by atoms with van der Waals surface area (Å²) in [5.41, 5.74) is 0.0913. The van der Waals surface area contributed by atoms with Crippen LogP contribution in [0.5, 0.6) is 0 Å². The minimum Gasteiger partial charge on any atom is -0.468 e. The van der Waals surface area contributed by atoms with E-state index in [0.29, 0.717) is 5.56 Å². The number of non-ortho nitro benzene ring substituents is 1. The highest BCUT2D eigenvalue weighted by Gasteiger charge is 2.43. The molecule has 0 bridgehead atoms. The van der Waals surface area contributed by atoms with Gasteiger partial charge in [0.05, 0.1) is 23.0 Å². The fourth-order valence-corrected chi connectivity index (χ4v) is 4.42. The molecule has 0 saturated heterocycles. The molecule has 2 aromatic carbocycles. The monoisotopic (exact) mass is 406 g/mol. The van der Waals surface area contributed by atoms with E-state index in [1.165, 1.54) is 6.92 Å². The Balaban J connectivity index is 2.60. The molecule has 9 nitrogen and oxygen atoms in total. The number of rotatable bonds is 7. The minimum absolute atomic E-state index is 0.296. The van der Waals surface area contributed by atoms with Crippen LogP contribution in [0.3, 0.4) is 0 Å². The lowest BCUT2D eigenvalue weighted by Crippen LogP contribution is -2.44. The van der Waals surface area contributed by atoms with E-state index in [0.717, 1.165) is 31.4 Å². The minimum atomic E-state index is -4.36. The zero-order chi connectivity index (χ0) is 20.9. The summed E-state index contributed by atoms with van der Waals surface area (Å²) in [4.78, 5) is 34.0. The van der Waals surface area contributed by atoms with Crippen LogP contribution in [0.4, 0.5) is 5.69 Å². The molecular formula is C18H18N2O7S. The van der Waals surface area contributed by atoms with Crippen molar-refractivity contribution < 1.29 is 27.7 Å². The molecule has 0 aliphatic carbocycles. The fourth-order valence-electron chi connectivity index (χ4n) is 2.68. The average Bonchev–Trinajstić information content (AvgIpc) is 2.67. The van der Waals surface area contributed by atoms with Gasteiger partial charge in [-0.25, -0.2) is 8.42 Å². The molecule has 1 amide bonds. The molecule has 0 radical (unpaired) electrons. The van der Waals surface area contributed by atoms with E-state index in [-0.39, 0.29) is 10.6 Å². The number of nitrogens with zero attached hydrogens (tertiary/aromatic N) is 1. The molecule has 148 valence electrons. The van der Waals surface area contributed by atoms with Crippen LogP contribution in [0.1, 0.15) is 18.5 Å². The lowest BCUT2D eigenvalue weighted by atomic mass is 10.0. The number of nitrogens with one attached hydrogen (secondary N) is 1. The van der Waals surface area contributed by atoms with E-state index in [2.05, 4.69) is 10.1 Å². The van der Waals surface area contributed by atoms with Gasteiger partial charge < -0.3 is 10.1 Å². The molecule has 0 aliphatic heterocycles. The lowest BCUT2D eigenvalue weighted by molar-refractivity contribution is -0.384. The number of esters is 1. The molecule has 2 unspecified atom stereocenters. The first-order valence-corrected chi connectivity index (χ1v) is 9.61. The Morgan fingerprint density at radius 2 is 1.64 bits per heavy atom. The summed E-state index contributed by atoms with van der Waals surface area (Å²) in [5.74, 6) is -1.61. The molecule has 0 saturated carbocycles. The molecule has 0 aromatic heterocycles. The van der Waals surface area contributed by atoms with Crippen LogP contribution in [0.15, 0.2) is 59.5 Å². The lowest BCUT2D eigenvalue weighted by Gasteiger charge is -2.26. The van der Waals surface area contributed by atoms with Gasteiger partial charge in [0.2, 0.25) is 5.91 Å². The molecule has 0 heterocycles. The van der Waals surface area contributed by atoms with Gasteiger partial charge in [-0.1, -0.05) is 30.3 Å². The van der Waals surface area contributed by atoms with Crippen LogP contribution in [-0.4, -0.2) is 37.6 Å². The van der Waals surface area contributed by atoms with Crippen LogP contribution in [0.2, 0.25) is 0 Å². The SMILES string of the molecule is COC(=O)C(C(NC(C)=O)c1ccccc1)S(=O)(=O)c1ccc([N+](=O)[O-])cc1. The quantitative estimate of drug-likeness (QED) is 0.421. The number of sulfone groups is 1. The maximum absolute atomic E-state index is 13.2. The van der Waals surface area contributed by atoms with Gasteiger partial charge in [0.25, 0.3) is 5.69 Å². The first kappa shape index (κ1) is 21.0. The van der Waals surface area contributed by atoms with E-state index in [9.17, 15) is 28.1 Å². The van der Waals surface area contributed by atoms with Crippen LogP contribution in [-0.2, 0) is 24.2 Å². The van der Waals surface area contributed by atoms with Gasteiger partial charge >= 0.3 is 5.97 Å². The van der Waals surface area contributed by atoms with Gasteiger partial charge in [-0.15, -0.1) is 0 Å². The first-order valence-electron chi connectivity index (χ1n) is 8.06. The Labute approximate surface area is 161 Å². The Bertz CT molecular complexity index is 973. The van der Waals surface area contributed by atoms with Crippen molar-refractivity contribution in [2.45, 2.75) is 23.1 Å². The molecule has 1 N–H and O–H groups in total. The van der Waals surface area contributed by atoms with Crippen molar-refractivity contribution in [2.24, 2.45) is 0 Å². The molecular weight excluding hydrogens is 388 g/mol.